The van der Waals surface area contributed by atoms with Crippen LogP contribution in [0, 0.1) is 6.92 Å². The van der Waals surface area contributed by atoms with E-state index in [-0.39, 0.29) is 0 Å². The van der Waals surface area contributed by atoms with Gasteiger partial charge in [0.15, 0.2) is 0 Å². The van der Waals surface area contributed by atoms with Gasteiger partial charge in [-0.2, -0.15) is 0 Å². The molecular formula is C15H20N4. The zero-order chi connectivity index (χ0) is 13.8. The third-order valence-corrected chi connectivity index (χ3v) is 3.00. The molecule has 19 heavy (non-hydrogen) atoms. The minimum Gasteiger partial charge on any atom is -0.399 e. The number of hydrogen-bond donors (Lipinski definition) is 1. The Kier molecular flexibility index (Phi) is 4.00. The average Bonchev–Trinajstić information content (AvgIpc) is 2.38. The quantitative estimate of drug-likeness (QED) is 0.854. The fraction of sp³-hybridized carbons (Fsp3) is 0.333. The predicted molar refractivity (Wildman–Crippen MR) is 79.1 cm³/mol. The number of rotatable bonds is 4. The molecule has 100 valence electrons. The number of anilines is 2. The molecule has 2 rings (SSSR count). The maximum atomic E-state index is 5.80. The average molecular weight is 256 g/mol. The van der Waals surface area contributed by atoms with E-state index in [4.69, 9.17) is 5.73 Å². The molecule has 1 aromatic heterocycles. The van der Waals surface area contributed by atoms with Crippen molar-refractivity contribution in [2.24, 2.45) is 0 Å². The van der Waals surface area contributed by atoms with E-state index in [1.165, 1.54) is 5.56 Å². The van der Waals surface area contributed by atoms with Crippen molar-refractivity contribution in [3.05, 3.63) is 47.4 Å². The maximum absolute atomic E-state index is 5.80. The number of nitrogen functional groups attached to an aromatic ring is 1. The van der Waals surface area contributed by atoms with E-state index in [9.17, 15) is 0 Å². The number of nitrogens with zero attached hydrogens (tertiary/aromatic N) is 3. The number of hydrogen-bond acceptors (Lipinski definition) is 4. The molecule has 4 nitrogen and oxygen atoms in total. The third kappa shape index (κ3) is 3.44. The molecule has 0 aliphatic rings. The Morgan fingerprint density at radius 1 is 1.21 bits per heavy atom. The summed E-state index contributed by atoms with van der Waals surface area (Å²) >= 11 is 0. The highest BCUT2D eigenvalue weighted by atomic mass is 15.2. The van der Waals surface area contributed by atoms with E-state index in [1.54, 1.807) is 0 Å². The van der Waals surface area contributed by atoms with Crippen LogP contribution in [-0.4, -0.2) is 17.0 Å². The molecule has 2 N–H and O–H groups in total. The molecule has 0 aliphatic carbocycles. The summed E-state index contributed by atoms with van der Waals surface area (Å²) in [6.07, 6.45) is 0.919. The predicted octanol–water partition coefficient (Wildman–Crippen LogP) is 2.57. The lowest BCUT2D eigenvalue weighted by molar-refractivity contribution is 0.861. The van der Waals surface area contributed by atoms with Gasteiger partial charge in [0.05, 0.1) is 0 Å². The van der Waals surface area contributed by atoms with E-state index in [1.807, 2.05) is 38.2 Å². The van der Waals surface area contributed by atoms with Crippen LogP contribution in [0.25, 0.3) is 0 Å². The minimum atomic E-state index is 0.782. The monoisotopic (exact) mass is 256 g/mol. The molecule has 4 heteroatoms. The maximum Gasteiger partial charge on any atom is 0.132 e. The molecule has 0 amide bonds. The minimum absolute atomic E-state index is 0.782. The van der Waals surface area contributed by atoms with Crippen LogP contribution >= 0.6 is 0 Å². The van der Waals surface area contributed by atoms with Gasteiger partial charge in [0, 0.05) is 31.0 Å². The Labute approximate surface area is 114 Å². The highest BCUT2D eigenvalue weighted by molar-refractivity contribution is 5.44. The van der Waals surface area contributed by atoms with E-state index in [0.717, 1.165) is 36.0 Å². The Bertz CT molecular complexity index is 566. The van der Waals surface area contributed by atoms with Crippen LogP contribution in [0.2, 0.25) is 0 Å². The van der Waals surface area contributed by atoms with Crippen molar-refractivity contribution < 1.29 is 0 Å². The lowest BCUT2D eigenvalue weighted by atomic mass is 10.2. The summed E-state index contributed by atoms with van der Waals surface area (Å²) in [5, 5.41) is 0. The molecule has 0 atom stereocenters. The first-order valence-electron chi connectivity index (χ1n) is 6.48. The zero-order valence-corrected chi connectivity index (χ0v) is 11.7. The second kappa shape index (κ2) is 5.69. The Balaban J connectivity index is 2.20. The Morgan fingerprint density at radius 2 is 2.00 bits per heavy atom. The normalized spacial score (nSPS) is 10.5. The highest BCUT2D eigenvalue weighted by Gasteiger charge is 2.07. The van der Waals surface area contributed by atoms with Crippen LogP contribution in [0.5, 0.6) is 0 Å². The van der Waals surface area contributed by atoms with Gasteiger partial charge < -0.3 is 10.6 Å². The van der Waals surface area contributed by atoms with Crippen LogP contribution < -0.4 is 10.6 Å². The van der Waals surface area contributed by atoms with E-state index < -0.39 is 0 Å². The van der Waals surface area contributed by atoms with Gasteiger partial charge in [-0.25, -0.2) is 9.97 Å². The third-order valence-electron chi connectivity index (χ3n) is 3.00. The molecule has 0 aliphatic heterocycles. The molecule has 0 bridgehead atoms. The van der Waals surface area contributed by atoms with Crippen molar-refractivity contribution in [2.75, 3.05) is 17.7 Å². The second-order valence-electron chi connectivity index (χ2n) is 4.72. The standard InChI is InChI=1S/C15H20N4/c1-4-14-9-15(18-11(2)17-14)19(3)10-12-6-5-7-13(16)8-12/h5-9H,4,10,16H2,1-3H3. The SMILES string of the molecule is CCc1cc(N(C)Cc2cccc(N)c2)nc(C)n1. The topological polar surface area (TPSA) is 55.0 Å². The Morgan fingerprint density at radius 3 is 2.68 bits per heavy atom. The summed E-state index contributed by atoms with van der Waals surface area (Å²) in [5.74, 6) is 1.76. The number of benzene rings is 1. The number of nitrogens with two attached hydrogens (primary N) is 1. The number of aryl methyl sites for hydroxylation is 2. The van der Waals surface area contributed by atoms with Gasteiger partial charge in [-0.1, -0.05) is 19.1 Å². The van der Waals surface area contributed by atoms with Gasteiger partial charge in [-0.3, -0.25) is 0 Å². The first-order valence-corrected chi connectivity index (χ1v) is 6.48. The second-order valence-corrected chi connectivity index (χ2v) is 4.72. The molecule has 0 radical (unpaired) electrons. The lowest BCUT2D eigenvalue weighted by Gasteiger charge is -2.19. The highest BCUT2D eigenvalue weighted by Crippen LogP contribution is 2.16. The van der Waals surface area contributed by atoms with Crippen molar-refractivity contribution in [1.29, 1.82) is 0 Å². The van der Waals surface area contributed by atoms with E-state index >= 15 is 0 Å². The largest absolute Gasteiger partial charge is 0.399 e. The molecule has 0 saturated carbocycles. The molecule has 0 saturated heterocycles. The van der Waals surface area contributed by atoms with Crippen molar-refractivity contribution in [1.82, 2.24) is 9.97 Å². The summed E-state index contributed by atoms with van der Waals surface area (Å²) in [7, 11) is 2.03. The lowest BCUT2D eigenvalue weighted by Crippen LogP contribution is -2.18. The van der Waals surface area contributed by atoms with E-state index in [2.05, 4.69) is 27.9 Å². The van der Waals surface area contributed by atoms with Gasteiger partial charge >= 0.3 is 0 Å². The van der Waals surface area contributed by atoms with E-state index in [0.29, 0.717) is 0 Å². The fourth-order valence-corrected chi connectivity index (χ4v) is 2.04. The van der Waals surface area contributed by atoms with Crippen LogP contribution in [0.4, 0.5) is 11.5 Å². The zero-order valence-electron chi connectivity index (χ0n) is 11.7. The van der Waals surface area contributed by atoms with Crippen LogP contribution in [0.1, 0.15) is 24.0 Å². The molecule has 1 aromatic carbocycles. The van der Waals surface area contributed by atoms with Gasteiger partial charge in [0.25, 0.3) is 0 Å². The summed E-state index contributed by atoms with van der Waals surface area (Å²) in [4.78, 5) is 11.0. The van der Waals surface area contributed by atoms with Crippen molar-refractivity contribution in [3.8, 4) is 0 Å². The van der Waals surface area contributed by atoms with Gasteiger partial charge in [-0.15, -0.1) is 0 Å². The first-order chi connectivity index (χ1) is 9.08. The summed E-state index contributed by atoms with van der Waals surface area (Å²) in [6, 6.07) is 9.97. The fourth-order valence-electron chi connectivity index (χ4n) is 2.04. The Hall–Kier alpha value is -2.10. The number of aromatic nitrogens is 2. The molecule has 0 spiro atoms. The van der Waals surface area contributed by atoms with Gasteiger partial charge in [0.2, 0.25) is 0 Å². The van der Waals surface area contributed by atoms with Crippen LogP contribution in [0.15, 0.2) is 30.3 Å². The van der Waals surface area contributed by atoms with Gasteiger partial charge in [0.1, 0.15) is 11.6 Å². The summed E-state index contributed by atoms with van der Waals surface area (Å²) in [5.41, 5.74) is 8.84. The molecule has 1 heterocycles. The molecule has 0 unspecified atom stereocenters. The molecular weight excluding hydrogens is 236 g/mol. The van der Waals surface area contributed by atoms with Crippen molar-refractivity contribution in [2.45, 2.75) is 26.8 Å². The molecule has 0 fully saturated rings. The van der Waals surface area contributed by atoms with Gasteiger partial charge in [-0.05, 0) is 31.0 Å². The van der Waals surface area contributed by atoms with Crippen molar-refractivity contribution >= 4 is 11.5 Å². The van der Waals surface area contributed by atoms with Crippen LogP contribution in [0.3, 0.4) is 0 Å². The summed E-state index contributed by atoms with van der Waals surface area (Å²) < 4.78 is 0. The van der Waals surface area contributed by atoms with Crippen molar-refractivity contribution in [3.63, 3.8) is 0 Å². The first kappa shape index (κ1) is 13.3. The summed E-state index contributed by atoms with van der Waals surface area (Å²) in [6.45, 7) is 4.81. The smallest absolute Gasteiger partial charge is 0.132 e. The molecule has 2 aromatic rings. The van der Waals surface area contributed by atoms with Crippen LogP contribution in [-0.2, 0) is 13.0 Å².